The molecule has 0 amide bonds. The Morgan fingerprint density at radius 1 is 0.593 bits per heavy atom. The van der Waals surface area contributed by atoms with E-state index in [-0.39, 0.29) is 0 Å². The Bertz CT molecular complexity index is 292. The molecule has 0 rings (SSSR count). The van der Waals surface area contributed by atoms with E-state index in [1.54, 1.807) is 0 Å². The summed E-state index contributed by atoms with van der Waals surface area (Å²) in [6.45, 7) is 12.3. The van der Waals surface area contributed by atoms with Gasteiger partial charge in [-0.25, -0.2) is 0 Å². The van der Waals surface area contributed by atoms with Crippen LogP contribution in [0.3, 0.4) is 0 Å². The normalized spacial score (nSPS) is 13.2. The van der Waals surface area contributed by atoms with Gasteiger partial charge in [0.15, 0.2) is 0 Å². The van der Waals surface area contributed by atoms with E-state index >= 15 is 0 Å². The molecule has 0 aliphatic rings. The van der Waals surface area contributed by atoms with Crippen LogP contribution in [0, 0.1) is 0 Å². The Morgan fingerprint density at radius 2 is 1.04 bits per heavy atom. The standard InChI is InChI=1S/C24H52O2Si/c1-6-10-12-14-16-17-19-21-23-25-27(8-3,9-4)26-24(5)22-20-18-15-13-11-7-2/h24H,6-23H2,1-5H3. The second-order valence-corrected chi connectivity index (χ2v) is 12.2. The second-order valence-electron chi connectivity index (χ2n) is 8.43. The summed E-state index contributed by atoms with van der Waals surface area (Å²) >= 11 is 0. The van der Waals surface area contributed by atoms with Gasteiger partial charge in [-0.05, 0) is 31.9 Å². The zero-order valence-electron chi connectivity index (χ0n) is 19.6. The molecule has 2 nitrogen and oxygen atoms in total. The van der Waals surface area contributed by atoms with Gasteiger partial charge in [0.2, 0.25) is 0 Å². The van der Waals surface area contributed by atoms with Crippen molar-refractivity contribution in [1.82, 2.24) is 0 Å². The van der Waals surface area contributed by atoms with Gasteiger partial charge in [0.1, 0.15) is 0 Å². The number of hydrogen-bond donors (Lipinski definition) is 0. The first kappa shape index (κ1) is 27.1. The van der Waals surface area contributed by atoms with E-state index in [4.69, 9.17) is 8.85 Å². The molecule has 0 spiro atoms. The Morgan fingerprint density at radius 3 is 1.52 bits per heavy atom. The Hall–Kier alpha value is 0.137. The van der Waals surface area contributed by atoms with E-state index in [1.165, 1.54) is 96.3 Å². The molecule has 0 N–H and O–H groups in total. The maximum atomic E-state index is 6.55. The molecule has 0 aromatic rings. The highest BCUT2D eigenvalue weighted by Gasteiger charge is 2.35. The molecule has 0 heterocycles. The smallest absolute Gasteiger partial charge is 0.337 e. The van der Waals surface area contributed by atoms with E-state index in [1.807, 2.05) is 0 Å². The first-order chi connectivity index (χ1) is 13.1. The van der Waals surface area contributed by atoms with E-state index in [0.29, 0.717) is 6.10 Å². The number of rotatable bonds is 21. The van der Waals surface area contributed by atoms with Gasteiger partial charge in [0.05, 0.1) is 0 Å². The quantitative estimate of drug-likeness (QED) is 0.141. The van der Waals surface area contributed by atoms with Crippen molar-refractivity contribution in [3.63, 3.8) is 0 Å². The lowest BCUT2D eigenvalue weighted by Gasteiger charge is -2.32. The van der Waals surface area contributed by atoms with Gasteiger partial charge < -0.3 is 8.85 Å². The topological polar surface area (TPSA) is 18.5 Å². The van der Waals surface area contributed by atoms with Crippen molar-refractivity contribution in [2.24, 2.45) is 0 Å². The average Bonchev–Trinajstić information content (AvgIpc) is 2.68. The molecule has 0 saturated heterocycles. The second kappa shape index (κ2) is 19.5. The van der Waals surface area contributed by atoms with Gasteiger partial charge in [-0.15, -0.1) is 0 Å². The zero-order chi connectivity index (χ0) is 20.2. The lowest BCUT2D eigenvalue weighted by Crippen LogP contribution is -2.43. The summed E-state index contributed by atoms with van der Waals surface area (Å²) in [6, 6.07) is 2.17. The lowest BCUT2D eigenvalue weighted by molar-refractivity contribution is 0.114. The highest BCUT2D eigenvalue weighted by atomic mass is 28.4. The van der Waals surface area contributed by atoms with Gasteiger partial charge in [-0.1, -0.05) is 111 Å². The molecule has 164 valence electrons. The van der Waals surface area contributed by atoms with Crippen LogP contribution in [0.1, 0.15) is 131 Å². The van der Waals surface area contributed by atoms with Gasteiger partial charge in [0.25, 0.3) is 0 Å². The van der Waals surface area contributed by atoms with Crippen molar-refractivity contribution in [2.75, 3.05) is 6.61 Å². The molecule has 0 aliphatic carbocycles. The van der Waals surface area contributed by atoms with Crippen LogP contribution in [0.5, 0.6) is 0 Å². The van der Waals surface area contributed by atoms with Gasteiger partial charge in [-0.3, -0.25) is 0 Å². The van der Waals surface area contributed by atoms with Crippen LogP contribution in [0.2, 0.25) is 12.1 Å². The Labute approximate surface area is 173 Å². The summed E-state index contributed by atoms with van der Waals surface area (Å²) in [6.07, 6.45) is 20.6. The molecule has 0 fully saturated rings. The van der Waals surface area contributed by atoms with E-state index in [9.17, 15) is 0 Å². The molecule has 1 atom stereocenters. The molecule has 3 heteroatoms. The summed E-state index contributed by atoms with van der Waals surface area (Å²) in [5, 5.41) is 0. The summed E-state index contributed by atoms with van der Waals surface area (Å²) < 4.78 is 13.0. The predicted octanol–water partition coefficient (Wildman–Crippen LogP) is 8.78. The summed E-state index contributed by atoms with van der Waals surface area (Å²) in [7, 11) is -1.97. The van der Waals surface area contributed by atoms with Crippen LogP contribution in [-0.4, -0.2) is 21.3 Å². The summed E-state index contributed by atoms with van der Waals surface area (Å²) in [5.74, 6) is 0. The fourth-order valence-corrected chi connectivity index (χ4v) is 6.46. The van der Waals surface area contributed by atoms with Crippen molar-refractivity contribution in [2.45, 2.75) is 149 Å². The summed E-state index contributed by atoms with van der Waals surface area (Å²) in [5.41, 5.74) is 0. The molecular formula is C24H52O2Si. The third-order valence-electron chi connectivity index (χ3n) is 5.82. The van der Waals surface area contributed by atoms with Crippen LogP contribution >= 0.6 is 0 Å². The molecule has 27 heavy (non-hydrogen) atoms. The lowest BCUT2D eigenvalue weighted by atomic mass is 10.1. The third-order valence-corrected chi connectivity index (χ3v) is 9.54. The largest absolute Gasteiger partial charge is 0.394 e. The molecule has 0 saturated carbocycles. The SMILES string of the molecule is CCCCCCCCCCO[Si](CC)(CC)OC(C)CCCCCCCC. The minimum atomic E-state index is -1.97. The number of hydrogen-bond acceptors (Lipinski definition) is 2. The monoisotopic (exact) mass is 400 g/mol. The fraction of sp³-hybridized carbons (Fsp3) is 1.00. The minimum absolute atomic E-state index is 0.362. The molecule has 0 bridgehead atoms. The minimum Gasteiger partial charge on any atom is -0.394 e. The molecule has 1 unspecified atom stereocenters. The first-order valence-corrected chi connectivity index (χ1v) is 14.7. The third kappa shape index (κ3) is 15.7. The van der Waals surface area contributed by atoms with E-state index < -0.39 is 8.56 Å². The maximum absolute atomic E-state index is 6.55. The fourth-order valence-electron chi connectivity index (χ4n) is 3.79. The van der Waals surface area contributed by atoms with Crippen LogP contribution in [0.4, 0.5) is 0 Å². The van der Waals surface area contributed by atoms with Crippen molar-refractivity contribution >= 4 is 8.56 Å². The molecule has 0 radical (unpaired) electrons. The highest BCUT2D eigenvalue weighted by Crippen LogP contribution is 2.23. The average molecular weight is 401 g/mol. The Kier molecular flexibility index (Phi) is 19.6. The van der Waals surface area contributed by atoms with Crippen molar-refractivity contribution in [1.29, 1.82) is 0 Å². The summed E-state index contributed by atoms with van der Waals surface area (Å²) in [4.78, 5) is 0. The molecule has 0 aromatic carbocycles. The zero-order valence-corrected chi connectivity index (χ0v) is 20.6. The van der Waals surface area contributed by atoms with Gasteiger partial charge >= 0.3 is 8.56 Å². The van der Waals surface area contributed by atoms with Crippen molar-refractivity contribution < 1.29 is 8.85 Å². The first-order valence-electron chi connectivity index (χ1n) is 12.5. The van der Waals surface area contributed by atoms with Gasteiger partial charge in [-0.2, -0.15) is 0 Å². The maximum Gasteiger partial charge on any atom is 0.337 e. The Balaban J connectivity index is 3.88. The predicted molar refractivity (Wildman–Crippen MR) is 124 cm³/mol. The number of unbranched alkanes of at least 4 members (excludes halogenated alkanes) is 12. The van der Waals surface area contributed by atoms with E-state index in [2.05, 4.69) is 34.6 Å². The van der Waals surface area contributed by atoms with Crippen LogP contribution in [0.15, 0.2) is 0 Å². The highest BCUT2D eigenvalue weighted by molar-refractivity contribution is 6.67. The van der Waals surface area contributed by atoms with Crippen LogP contribution in [-0.2, 0) is 8.85 Å². The molecular weight excluding hydrogens is 348 g/mol. The van der Waals surface area contributed by atoms with Crippen LogP contribution in [0.25, 0.3) is 0 Å². The van der Waals surface area contributed by atoms with Crippen LogP contribution < -0.4 is 0 Å². The van der Waals surface area contributed by atoms with E-state index in [0.717, 1.165) is 18.7 Å². The van der Waals surface area contributed by atoms with Gasteiger partial charge in [0, 0.05) is 12.7 Å². The van der Waals surface area contributed by atoms with Crippen molar-refractivity contribution in [3.8, 4) is 0 Å². The molecule has 0 aliphatic heterocycles. The van der Waals surface area contributed by atoms with Crippen molar-refractivity contribution in [3.05, 3.63) is 0 Å². The molecule has 0 aromatic heterocycles.